The van der Waals surface area contributed by atoms with Gasteiger partial charge in [-0.1, -0.05) is 36.4 Å². The molecule has 24 heavy (non-hydrogen) atoms. The average molecular weight is 340 g/mol. The Balaban J connectivity index is 1.63. The topological polar surface area (TPSA) is 54.3 Å². The first-order valence-electron chi connectivity index (χ1n) is 7.88. The number of benzene rings is 1. The van der Waals surface area contributed by atoms with E-state index in [4.69, 9.17) is 4.42 Å². The molecule has 1 aromatic carbocycles. The first-order chi connectivity index (χ1) is 11.7. The summed E-state index contributed by atoms with van der Waals surface area (Å²) in [4.78, 5) is 13.5. The molecule has 0 aliphatic carbocycles. The third-order valence-electron chi connectivity index (χ3n) is 3.80. The van der Waals surface area contributed by atoms with Crippen molar-refractivity contribution in [2.75, 3.05) is 6.54 Å². The monoisotopic (exact) mass is 340 g/mol. The normalized spacial score (nSPS) is 13.4. The van der Waals surface area contributed by atoms with E-state index < -0.39 is 0 Å². The highest BCUT2D eigenvalue weighted by atomic mass is 32.1. The molecule has 0 aliphatic rings. The Morgan fingerprint density at radius 2 is 1.96 bits per heavy atom. The molecule has 2 aromatic heterocycles. The van der Waals surface area contributed by atoms with Crippen LogP contribution in [0.3, 0.4) is 0 Å². The summed E-state index contributed by atoms with van der Waals surface area (Å²) in [7, 11) is 0. The van der Waals surface area contributed by atoms with Crippen LogP contribution in [0.25, 0.3) is 0 Å². The van der Waals surface area contributed by atoms with Crippen LogP contribution in [0.15, 0.2) is 70.7 Å². The fourth-order valence-electron chi connectivity index (χ4n) is 2.52. The maximum absolute atomic E-state index is 12.4. The van der Waals surface area contributed by atoms with Crippen molar-refractivity contribution in [2.24, 2.45) is 0 Å². The maximum Gasteiger partial charge on any atom is 0.234 e. The highest BCUT2D eigenvalue weighted by Crippen LogP contribution is 2.25. The largest absolute Gasteiger partial charge is 0.468 e. The lowest BCUT2D eigenvalue weighted by molar-refractivity contribution is -0.120. The van der Waals surface area contributed by atoms with E-state index in [9.17, 15) is 4.79 Å². The third kappa shape index (κ3) is 4.13. The molecule has 3 rings (SSSR count). The van der Waals surface area contributed by atoms with E-state index in [0.29, 0.717) is 0 Å². The highest BCUT2D eigenvalue weighted by molar-refractivity contribution is 7.10. The predicted molar refractivity (Wildman–Crippen MR) is 95.9 cm³/mol. The summed E-state index contributed by atoms with van der Waals surface area (Å²) in [5, 5.41) is 8.32. The van der Waals surface area contributed by atoms with E-state index in [2.05, 4.69) is 10.6 Å². The number of nitrogens with one attached hydrogen (secondary N) is 2. The van der Waals surface area contributed by atoms with Gasteiger partial charge >= 0.3 is 0 Å². The number of furan rings is 1. The summed E-state index contributed by atoms with van der Waals surface area (Å²) >= 11 is 1.64. The summed E-state index contributed by atoms with van der Waals surface area (Å²) in [6.45, 7) is 2.20. The maximum atomic E-state index is 12.4. The molecule has 4 nitrogen and oxygen atoms in total. The Morgan fingerprint density at radius 1 is 1.12 bits per heavy atom. The highest BCUT2D eigenvalue weighted by Gasteiger charge is 2.18. The summed E-state index contributed by atoms with van der Waals surface area (Å²) in [5.74, 6) is 0.774. The molecule has 0 fully saturated rings. The minimum absolute atomic E-state index is 0.0114. The Bertz CT molecular complexity index is 739. The van der Waals surface area contributed by atoms with E-state index in [-0.39, 0.29) is 24.5 Å². The molecule has 3 aromatic rings. The summed E-state index contributed by atoms with van der Waals surface area (Å²) in [6.07, 6.45) is 1.63. The number of hydrogen-bond acceptors (Lipinski definition) is 4. The van der Waals surface area contributed by atoms with Crippen molar-refractivity contribution < 1.29 is 9.21 Å². The number of thiophene rings is 1. The molecular formula is C19H20N2O2S. The van der Waals surface area contributed by atoms with Gasteiger partial charge in [0.25, 0.3) is 0 Å². The van der Waals surface area contributed by atoms with Crippen LogP contribution in [0.4, 0.5) is 0 Å². The molecule has 124 valence electrons. The van der Waals surface area contributed by atoms with Gasteiger partial charge in [0.2, 0.25) is 5.91 Å². The SMILES string of the molecule is C[C@H](NCC(=O)N[C@H](c1ccccc1)c1cccs1)c1ccco1. The van der Waals surface area contributed by atoms with Crippen LogP contribution in [0, 0.1) is 0 Å². The van der Waals surface area contributed by atoms with Crippen LogP contribution in [0.5, 0.6) is 0 Å². The van der Waals surface area contributed by atoms with Crippen molar-refractivity contribution >= 4 is 17.2 Å². The summed E-state index contributed by atoms with van der Waals surface area (Å²) in [6, 6.07) is 17.7. The predicted octanol–water partition coefficient (Wildman–Crippen LogP) is 3.90. The molecule has 0 radical (unpaired) electrons. The molecule has 1 amide bonds. The van der Waals surface area contributed by atoms with Gasteiger partial charge < -0.3 is 9.73 Å². The Kier molecular flexibility index (Phi) is 5.46. The number of amides is 1. The lowest BCUT2D eigenvalue weighted by Gasteiger charge is -2.19. The van der Waals surface area contributed by atoms with Crippen molar-refractivity contribution in [2.45, 2.75) is 19.0 Å². The molecule has 0 spiro atoms. The lowest BCUT2D eigenvalue weighted by atomic mass is 10.1. The smallest absolute Gasteiger partial charge is 0.234 e. The van der Waals surface area contributed by atoms with Gasteiger partial charge in [-0.25, -0.2) is 0 Å². The van der Waals surface area contributed by atoms with Crippen molar-refractivity contribution in [3.63, 3.8) is 0 Å². The number of hydrogen-bond donors (Lipinski definition) is 2. The lowest BCUT2D eigenvalue weighted by Crippen LogP contribution is -2.37. The summed E-state index contributed by atoms with van der Waals surface area (Å²) in [5.41, 5.74) is 1.08. The van der Waals surface area contributed by atoms with E-state index in [1.165, 1.54) is 0 Å². The minimum Gasteiger partial charge on any atom is -0.468 e. The minimum atomic E-state index is -0.126. The van der Waals surface area contributed by atoms with Gasteiger partial charge in [-0.05, 0) is 36.1 Å². The van der Waals surface area contributed by atoms with Crippen LogP contribution in [0.2, 0.25) is 0 Å². The average Bonchev–Trinajstić information content (AvgIpc) is 3.31. The molecule has 2 heterocycles. The Labute approximate surface area is 145 Å². The molecule has 2 N–H and O–H groups in total. The zero-order valence-electron chi connectivity index (χ0n) is 13.4. The second-order valence-electron chi connectivity index (χ2n) is 5.54. The number of carbonyl (C=O) groups is 1. The molecule has 2 atom stereocenters. The first kappa shape index (κ1) is 16.5. The first-order valence-corrected chi connectivity index (χ1v) is 8.76. The Hall–Kier alpha value is -2.37. The fourth-order valence-corrected chi connectivity index (χ4v) is 3.32. The number of rotatable bonds is 7. The third-order valence-corrected chi connectivity index (χ3v) is 4.74. The zero-order chi connectivity index (χ0) is 16.8. The van der Waals surface area contributed by atoms with Crippen LogP contribution in [-0.2, 0) is 4.79 Å². The van der Waals surface area contributed by atoms with Crippen molar-refractivity contribution in [3.8, 4) is 0 Å². The molecule has 0 saturated heterocycles. The molecule has 5 heteroatoms. The zero-order valence-corrected chi connectivity index (χ0v) is 14.3. The van der Waals surface area contributed by atoms with Crippen molar-refractivity contribution in [1.82, 2.24) is 10.6 Å². The second kappa shape index (κ2) is 7.95. The van der Waals surface area contributed by atoms with Gasteiger partial charge in [0.15, 0.2) is 0 Å². The van der Waals surface area contributed by atoms with E-state index in [1.54, 1.807) is 17.6 Å². The van der Waals surface area contributed by atoms with Gasteiger partial charge in [-0.2, -0.15) is 0 Å². The van der Waals surface area contributed by atoms with Crippen molar-refractivity contribution in [1.29, 1.82) is 0 Å². The molecule has 0 saturated carbocycles. The van der Waals surface area contributed by atoms with Crippen LogP contribution in [0.1, 0.15) is 35.2 Å². The van der Waals surface area contributed by atoms with Gasteiger partial charge in [0, 0.05) is 4.88 Å². The molecule has 0 unspecified atom stereocenters. The van der Waals surface area contributed by atoms with Gasteiger partial charge in [0.05, 0.1) is 24.9 Å². The molecule has 0 aliphatic heterocycles. The number of carbonyl (C=O) groups excluding carboxylic acids is 1. The van der Waals surface area contributed by atoms with Crippen molar-refractivity contribution in [3.05, 3.63) is 82.4 Å². The van der Waals surface area contributed by atoms with Crippen LogP contribution >= 0.6 is 11.3 Å². The van der Waals surface area contributed by atoms with Crippen LogP contribution in [-0.4, -0.2) is 12.5 Å². The van der Waals surface area contributed by atoms with Gasteiger partial charge in [0.1, 0.15) is 5.76 Å². The standard InChI is InChI=1S/C19H20N2O2S/c1-14(16-9-5-11-23-16)20-13-18(22)21-19(17-10-6-12-24-17)15-7-3-2-4-8-15/h2-12,14,19-20H,13H2,1H3,(H,21,22)/t14-,19+/m0/s1. The van der Waals surface area contributed by atoms with E-state index in [1.807, 2.05) is 66.9 Å². The van der Waals surface area contributed by atoms with Crippen LogP contribution < -0.4 is 10.6 Å². The second-order valence-corrected chi connectivity index (χ2v) is 6.52. The van der Waals surface area contributed by atoms with E-state index >= 15 is 0 Å². The van der Waals surface area contributed by atoms with Gasteiger partial charge in [-0.15, -0.1) is 11.3 Å². The fraction of sp³-hybridized carbons (Fsp3) is 0.211. The Morgan fingerprint density at radius 3 is 2.62 bits per heavy atom. The molecular weight excluding hydrogens is 320 g/mol. The van der Waals surface area contributed by atoms with Gasteiger partial charge in [-0.3, -0.25) is 10.1 Å². The summed E-state index contributed by atoms with van der Waals surface area (Å²) < 4.78 is 5.34. The quantitative estimate of drug-likeness (QED) is 0.686. The van der Waals surface area contributed by atoms with E-state index in [0.717, 1.165) is 16.2 Å². The molecule has 0 bridgehead atoms.